The lowest BCUT2D eigenvalue weighted by Crippen LogP contribution is -2.39. The molecule has 1 fully saturated rings. The van der Waals surface area contributed by atoms with Crippen molar-refractivity contribution in [1.82, 2.24) is 19.4 Å². The van der Waals surface area contributed by atoms with E-state index in [2.05, 4.69) is 15.3 Å². The molecule has 3 aromatic rings. The summed E-state index contributed by atoms with van der Waals surface area (Å²) in [5.74, 6) is 0.971. The van der Waals surface area contributed by atoms with Gasteiger partial charge in [-0.05, 0) is 50.4 Å². The van der Waals surface area contributed by atoms with Crippen LogP contribution in [-0.2, 0) is 11.8 Å². The number of carbonyl (C=O) groups is 1. The molecule has 9 heteroatoms. The van der Waals surface area contributed by atoms with Gasteiger partial charge in [-0.3, -0.25) is 4.79 Å². The van der Waals surface area contributed by atoms with Crippen LogP contribution in [-0.4, -0.2) is 51.2 Å². The van der Waals surface area contributed by atoms with Crippen LogP contribution >= 0.6 is 0 Å². The van der Waals surface area contributed by atoms with Crippen LogP contribution in [0.1, 0.15) is 25.0 Å². The van der Waals surface area contributed by atoms with Gasteiger partial charge < -0.3 is 14.8 Å². The molecule has 0 spiro atoms. The number of nitrogens with zero attached hydrogens (tertiary/aromatic N) is 4. The molecule has 2 aromatic heterocycles. The molecule has 0 saturated carbocycles. The van der Waals surface area contributed by atoms with E-state index >= 15 is 0 Å². The van der Waals surface area contributed by atoms with E-state index < -0.39 is 12.6 Å². The summed E-state index contributed by atoms with van der Waals surface area (Å²) in [7, 11) is 1.95. The number of anilines is 1. The lowest BCUT2D eigenvalue weighted by molar-refractivity contribution is -0.139. The molecule has 0 bridgehead atoms. The number of nitrogens with one attached hydrogen (secondary N) is 1. The summed E-state index contributed by atoms with van der Waals surface area (Å²) >= 11 is 0. The molecule has 170 valence electrons. The van der Waals surface area contributed by atoms with Gasteiger partial charge in [-0.1, -0.05) is 12.1 Å². The molecule has 1 aromatic carbocycles. The average Bonchev–Trinajstić information content (AvgIpc) is 3.09. The van der Waals surface area contributed by atoms with Crippen molar-refractivity contribution in [3.8, 4) is 11.4 Å². The van der Waals surface area contributed by atoms with Crippen LogP contribution in [0.2, 0.25) is 0 Å². The smallest absolute Gasteiger partial charge is 0.334 e. The minimum Gasteiger partial charge on any atom is -0.334 e. The van der Waals surface area contributed by atoms with Gasteiger partial charge in [0, 0.05) is 42.9 Å². The van der Waals surface area contributed by atoms with Gasteiger partial charge in [-0.25, -0.2) is 9.97 Å². The molecule has 0 radical (unpaired) electrons. The highest BCUT2D eigenvalue weighted by Gasteiger charge is 2.30. The molecule has 32 heavy (non-hydrogen) atoms. The van der Waals surface area contributed by atoms with E-state index in [1.165, 1.54) is 0 Å². The number of piperidine rings is 1. The Morgan fingerprint density at radius 3 is 2.59 bits per heavy atom. The summed E-state index contributed by atoms with van der Waals surface area (Å²) in [6.07, 6.45) is -0.195. The molecule has 0 aliphatic carbocycles. The third kappa shape index (κ3) is 5.27. The topological polar surface area (TPSA) is 63.1 Å². The number of hydrogen-bond acceptors (Lipinski definition) is 4. The van der Waals surface area contributed by atoms with Gasteiger partial charge in [0.1, 0.15) is 11.6 Å². The monoisotopic (exact) mass is 445 g/mol. The van der Waals surface area contributed by atoms with Crippen LogP contribution in [0.5, 0.6) is 0 Å². The number of carbonyl (C=O) groups excluding carboxylic acids is 1. The van der Waals surface area contributed by atoms with Crippen molar-refractivity contribution >= 4 is 22.5 Å². The zero-order valence-corrected chi connectivity index (χ0v) is 18.1. The van der Waals surface area contributed by atoms with Gasteiger partial charge in [-0.15, -0.1) is 0 Å². The highest BCUT2D eigenvalue weighted by Crippen LogP contribution is 2.26. The summed E-state index contributed by atoms with van der Waals surface area (Å²) in [5.41, 5.74) is 1.91. The Hall–Kier alpha value is -2.94. The molecule has 1 aliphatic rings. The highest BCUT2D eigenvalue weighted by molar-refractivity contribution is 5.95. The standard InChI is InChI=1S/C23H26F3N5O/c1-15-14-30(2)21(28-15)17-3-4-18-13-27-20(12-19(18)11-17)29-22(32)16-5-8-31(9-6-16)10-7-23(24,25)26/h3-4,11-14,16H,5-10H2,1-2H3,(H,27,29,32). The van der Waals surface area contributed by atoms with Crippen LogP contribution in [0.3, 0.4) is 0 Å². The van der Waals surface area contributed by atoms with Crippen molar-refractivity contribution < 1.29 is 18.0 Å². The van der Waals surface area contributed by atoms with Gasteiger partial charge in [-0.2, -0.15) is 13.2 Å². The number of aryl methyl sites for hydroxylation is 2. The summed E-state index contributed by atoms with van der Waals surface area (Å²) in [6, 6.07) is 7.83. The minimum atomic E-state index is -4.15. The first-order valence-corrected chi connectivity index (χ1v) is 10.7. The maximum Gasteiger partial charge on any atom is 0.390 e. The van der Waals surface area contributed by atoms with E-state index in [0.717, 1.165) is 27.9 Å². The number of likely N-dealkylation sites (tertiary alicyclic amines) is 1. The number of pyridine rings is 1. The van der Waals surface area contributed by atoms with Gasteiger partial charge in [0.2, 0.25) is 5.91 Å². The Kier molecular flexibility index (Phi) is 6.19. The quantitative estimate of drug-likeness (QED) is 0.626. The highest BCUT2D eigenvalue weighted by atomic mass is 19.4. The van der Waals surface area contributed by atoms with Crippen molar-refractivity contribution in [2.24, 2.45) is 13.0 Å². The maximum atomic E-state index is 12.7. The predicted molar refractivity (Wildman–Crippen MR) is 117 cm³/mol. The van der Waals surface area contributed by atoms with Crippen molar-refractivity contribution in [3.63, 3.8) is 0 Å². The third-order valence-corrected chi connectivity index (χ3v) is 5.90. The van der Waals surface area contributed by atoms with Crippen molar-refractivity contribution in [2.45, 2.75) is 32.4 Å². The lowest BCUT2D eigenvalue weighted by atomic mass is 9.95. The molecular formula is C23H26F3N5O. The number of hydrogen-bond donors (Lipinski definition) is 1. The van der Waals surface area contributed by atoms with E-state index in [0.29, 0.717) is 31.7 Å². The van der Waals surface area contributed by atoms with Gasteiger partial charge >= 0.3 is 6.18 Å². The summed E-state index contributed by atoms with van der Waals surface area (Å²) in [5, 5.41) is 4.77. The number of fused-ring (bicyclic) bond motifs is 1. The summed E-state index contributed by atoms with van der Waals surface area (Å²) < 4.78 is 39.2. The molecule has 0 atom stereocenters. The van der Waals surface area contributed by atoms with Gasteiger partial charge in [0.25, 0.3) is 0 Å². The average molecular weight is 445 g/mol. The van der Waals surface area contributed by atoms with Crippen LogP contribution < -0.4 is 5.32 Å². The van der Waals surface area contributed by atoms with Crippen LogP contribution in [0, 0.1) is 12.8 Å². The van der Waals surface area contributed by atoms with Crippen LogP contribution in [0.25, 0.3) is 22.2 Å². The Balaban J connectivity index is 1.41. The second-order valence-corrected chi connectivity index (χ2v) is 8.42. The van der Waals surface area contributed by atoms with E-state index in [-0.39, 0.29) is 18.4 Å². The molecule has 3 heterocycles. The Labute approximate surface area is 184 Å². The first-order chi connectivity index (χ1) is 15.2. The number of halogens is 3. The van der Waals surface area contributed by atoms with Gasteiger partial charge in [0.05, 0.1) is 12.1 Å². The largest absolute Gasteiger partial charge is 0.390 e. The Morgan fingerprint density at radius 2 is 1.94 bits per heavy atom. The zero-order chi connectivity index (χ0) is 22.9. The molecule has 1 saturated heterocycles. The second-order valence-electron chi connectivity index (χ2n) is 8.42. The number of imidazole rings is 1. The predicted octanol–water partition coefficient (Wildman–Crippen LogP) is 4.55. The fraction of sp³-hybridized carbons (Fsp3) is 0.435. The van der Waals surface area contributed by atoms with Crippen LogP contribution in [0.15, 0.2) is 36.7 Å². The molecular weight excluding hydrogens is 419 g/mol. The van der Waals surface area contributed by atoms with Crippen molar-refractivity contribution in [3.05, 3.63) is 42.4 Å². The number of aromatic nitrogens is 3. The maximum absolute atomic E-state index is 12.7. The zero-order valence-electron chi connectivity index (χ0n) is 18.1. The first kappa shape index (κ1) is 22.3. The van der Waals surface area contributed by atoms with Crippen LogP contribution in [0.4, 0.5) is 19.0 Å². The van der Waals surface area contributed by atoms with Crippen molar-refractivity contribution in [1.29, 1.82) is 0 Å². The minimum absolute atomic E-state index is 0.0120. The van der Waals surface area contributed by atoms with Crippen molar-refractivity contribution in [2.75, 3.05) is 25.0 Å². The third-order valence-electron chi connectivity index (χ3n) is 5.90. The number of benzene rings is 1. The molecule has 0 unspecified atom stereocenters. The second kappa shape index (κ2) is 8.90. The van der Waals surface area contributed by atoms with E-state index in [9.17, 15) is 18.0 Å². The number of alkyl halides is 3. The fourth-order valence-corrected chi connectivity index (χ4v) is 4.16. The first-order valence-electron chi connectivity index (χ1n) is 10.7. The van der Waals surface area contributed by atoms with E-state index in [1.807, 2.05) is 49.0 Å². The SMILES string of the molecule is Cc1cn(C)c(-c2ccc3cnc(NC(=O)C4CCN(CCC(F)(F)F)CC4)cc3c2)n1. The Bertz CT molecular complexity index is 1120. The molecule has 1 N–H and O–H groups in total. The molecule has 1 amide bonds. The Morgan fingerprint density at radius 1 is 1.19 bits per heavy atom. The molecule has 1 aliphatic heterocycles. The molecule has 4 rings (SSSR count). The van der Waals surface area contributed by atoms with E-state index in [1.54, 1.807) is 11.1 Å². The number of amides is 1. The van der Waals surface area contributed by atoms with E-state index in [4.69, 9.17) is 0 Å². The van der Waals surface area contributed by atoms with Gasteiger partial charge in [0.15, 0.2) is 0 Å². The molecule has 6 nitrogen and oxygen atoms in total. The lowest BCUT2D eigenvalue weighted by Gasteiger charge is -2.31. The fourth-order valence-electron chi connectivity index (χ4n) is 4.16. The summed E-state index contributed by atoms with van der Waals surface area (Å²) in [6.45, 7) is 2.92. The normalized spacial score (nSPS) is 15.9. The summed E-state index contributed by atoms with van der Waals surface area (Å²) in [4.78, 5) is 23.4. The number of rotatable bonds is 5.